The van der Waals surface area contributed by atoms with Crippen LogP contribution in [0, 0.1) is 13.8 Å². The Morgan fingerprint density at radius 3 is 2.50 bits per heavy atom. The average molecular weight is 320 g/mol. The highest BCUT2D eigenvalue weighted by atomic mass is 16.2. The number of aryl methyl sites for hydroxylation is 3. The molecule has 1 amide bonds. The van der Waals surface area contributed by atoms with Gasteiger partial charge in [0.05, 0.1) is 11.4 Å². The number of nitrogens with zero attached hydrogens (tertiary/aromatic N) is 3. The third kappa shape index (κ3) is 3.06. The smallest absolute Gasteiger partial charge is 0.278 e. The van der Waals surface area contributed by atoms with Crippen LogP contribution in [0.4, 0.5) is 5.69 Å². The van der Waals surface area contributed by atoms with E-state index in [1.165, 1.54) is 4.80 Å². The summed E-state index contributed by atoms with van der Waals surface area (Å²) in [6.45, 7) is 5.85. The van der Waals surface area contributed by atoms with Gasteiger partial charge in [0.2, 0.25) is 0 Å². The third-order valence-electron chi connectivity index (χ3n) is 3.96. The van der Waals surface area contributed by atoms with Crippen LogP contribution in [0.1, 0.15) is 34.2 Å². The molecule has 0 atom stereocenters. The Labute approximate surface area is 141 Å². The number of hydrogen-bond acceptors (Lipinski definition) is 3. The molecule has 122 valence electrons. The molecular weight excluding hydrogens is 300 g/mol. The second-order valence-corrected chi connectivity index (χ2v) is 5.68. The summed E-state index contributed by atoms with van der Waals surface area (Å²) in [6, 6.07) is 15.6. The standard InChI is InChI=1S/C19H20N4O/c1-4-15-10-8-9-13(2)17(15)20-19(24)18-14(3)21-23(22-18)16-11-6-5-7-12-16/h5-12H,4H2,1-3H3,(H,20,24). The molecule has 3 rings (SSSR count). The van der Waals surface area contributed by atoms with Gasteiger partial charge >= 0.3 is 0 Å². The zero-order chi connectivity index (χ0) is 17.1. The van der Waals surface area contributed by atoms with Gasteiger partial charge in [-0.3, -0.25) is 4.79 Å². The summed E-state index contributed by atoms with van der Waals surface area (Å²) in [6.07, 6.45) is 0.854. The Balaban J connectivity index is 1.91. The predicted octanol–water partition coefficient (Wildman–Crippen LogP) is 3.70. The first kappa shape index (κ1) is 15.9. The van der Waals surface area contributed by atoms with Crippen LogP contribution in [0.3, 0.4) is 0 Å². The molecule has 0 unspecified atom stereocenters. The second-order valence-electron chi connectivity index (χ2n) is 5.68. The maximum Gasteiger partial charge on any atom is 0.278 e. The van der Waals surface area contributed by atoms with E-state index in [0.29, 0.717) is 11.4 Å². The minimum atomic E-state index is -0.237. The number of carbonyl (C=O) groups excluding carboxylic acids is 1. The molecule has 5 nitrogen and oxygen atoms in total. The van der Waals surface area contributed by atoms with Gasteiger partial charge in [0.15, 0.2) is 5.69 Å². The van der Waals surface area contributed by atoms with Gasteiger partial charge in [-0.15, -0.1) is 5.10 Å². The Morgan fingerprint density at radius 2 is 1.79 bits per heavy atom. The number of carbonyl (C=O) groups is 1. The van der Waals surface area contributed by atoms with Gasteiger partial charge in [0, 0.05) is 5.69 Å². The first-order valence-corrected chi connectivity index (χ1v) is 7.99. The Morgan fingerprint density at radius 1 is 1.04 bits per heavy atom. The minimum Gasteiger partial charge on any atom is -0.320 e. The lowest BCUT2D eigenvalue weighted by molar-refractivity contribution is 0.102. The van der Waals surface area contributed by atoms with Crippen LogP contribution in [-0.2, 0) is 6.42 Å². The summed E-state index contributed by atoms with van der Waals surface area (Å²) >= 11 is 0. The number of amides is 1. The lowest BCUT2D eigenvalue weighted by Gasteiger charge is -2.12. The van der Waals surface area contributed by atoms with Gasteiger partial charge in [-0.2, -0.15) is 9.90 Å². The fourth-order valence-electron chi connectivity index (χ4n) is 2.64. The summed E-state index contributed by atoms with van der Waals surface area (Å²) in [4.78, 5) is 14.2. The molecule has 1 N–H and O–H groups in total. The van der Waals surface area contributed by atoms with E-state index in [2.05, 4.69) is 22.4 Å². The van der Waals surface area contributed by atoms with Crippen molar-refractivity contribution in [3.8, 4) is 5.69 Å². The van der Waals surface area contributed by atoms with Crippen LogP contribution in [0.15, 0.2) is 48.5 Å². The predicted molar refractivity (Wildman–Crippen MR) is 94.6 cm³/mol. The number of anilines is 1. The van der Waals surface area contributed by atoms with Crippen molar-refractivity contribution in [1.82, 2.24) is 15.0 Å². The molecule has 0 radical (unpaired) electrons. The molecule has 0 fully saturated rings. The van der Waals surface area contributed by atoms with Crippen molar-refractivity contribution >= 4 is 11.6 Å². The number of rotatable bonds is 4. The molecule has 0 aliphatic rings. The van der Waals surface area contributed by atoms with Crippen molar-refractivity contribution in [1.29, 1.82) is 0 Å². The van der Waals surface area contributed by atoms with Crippen LogP contribution in [-0.4, -0.2) is 20.9 Å². The largest absolute Gasteiger partial charge is 0.320 e. The quantitative estimate of drug-likeness (QED) is 0.797. The van der Waals surface area contributed by atoms with Crippen molar-refractivity contribution in [3.05, 3.63) is 71.0 Å². The Kier molecular flexibility index (Phi) is 4.42. The van der Waals surface area contributed by atoms with E-state index < -0.39 is 0 Å². The summed E-state index contributed by atoms with van der Waals surface area (Å²) in [5.74, 6) is -0.237. The second kappa shape index (κ2) is 6.66. The van der Waals surface area contributed by atoms with Crippen LogP contribution in [0.5, 0.6) is 0 Å². The lowest BCUT2D eigenvalue weighted by Crippen LogP contribution is -2.16. The molecule has 0 bridgehead atoms. The van der Waals surface area contributed by atoms with Crippen molar-refractivity contribution in [3.63, 3.8) is 0 Å². The zero-order valence-corrected chi connectivity index (χ0v) is 14.1. The fourth-order valence-corrected chi connectivity index (χ4v) is 2.64. The minimum absolute atomic E-state index is 0.237. The number of para-hydroxylation sites is 2. The van der Waals surface area contributed by atoms with Crippen molar-refractivity contribution < 1.29 is 4.79 Å². The monoisotopic (exact) mass is 320 g/mol. The molecule has 0 aliphatic heterocycles. The maximum atomic E-state index is 12.7. The van der Waals surface area contributed by atoms with Gasteiger partial charge in [0.25, 0.3) is 5.91 Å². The SMILES string of the molecule is CCc1cccc(C)c1NC(=O)c1nn(-c2ccccc2)nc1C. The van der Waals surface area contributed by atoms with Gasteiger partial charge in [-0.1, -0.05) is 43.3 Å². The molecule has 24 heavy (non-hydrogen) atoms. The van der Waals surface area contributed by atoms with Gasteiger partial charge in [0.1, 0.15) is 0 Å². The molecule has 0 aliphatic carbocycles. The number of hydrogen-bond donors (Lipinski definition) is 1. The number of nitrogens with one attached hydrogen (secondary N) is 1. The molecule has 0 saturated carbocycles. The molecular formula is C19H20N4O. The first-order valence-electron chi connectivity index (χ1n) is 7.99. The van der Waals surface area contributed by atoms with E-state index >= 15 is 0 Å². The summed E-state index contributed by atoms with van der Waals surface area (Å²) in [5.41, 5.74) is 4.77. The molecule has 1 heterocycles. The highest BCUT2D eigenvalue weighted by Gasteiger charge is 2.18. The van der Waals surface area contributed by atoms with Crippen molar-refractivity contribution in [2.24, 2.45) is 0 Å². The fraction of sp³-hybridized carbons (Fsp3) is 0.211. The topological polar surface area (TPSA) is 59.8 Å². The number of aromatic nitrogens is 3. The summed E-state index contributed by atoms with van der Waals surface area (Å²) < 4.78 is 0. The summed E-state index contributed by atoms with van der Waals surface area (Å²) in [7, 11) is 0. The van der Waals surface area contributed by atoms with E-state index in [1.54, 1.807) is 6.92 Å². The molecule has 1 aromatic heterocycles. The molecule has 3 aromatic rings. The van der Waals surface area contributed by atoms with E-state index in [9.17, 15) is 4.79 Å². The molecule has 2 aromatic carbocycles. The van der Waals surface area contributed by atoms with Crippen LogP contribution in [0.25, 0.3) is 5.69 Å². The van der Waals surface area contributed by atoms with Crippen LogP contribution < -0.4 is 5.32 Å². The molecule has 0 saturated heterocycles. The van der Waals surface area contributed by atoms with E-state index in [1.807, 2.05) is 55.5 Å². The average Bonchev–Trinajstić information content (AvgIpc) is 2.99. The lowest BCUT2D eigenvalue weighted by atomic mass is 10.1. The van der Waals surface area contributed by atoms with Crippen LogP contribution in [0.2, 0.25) is 0 Å². The van der Waals surface area contributed by atoms with E-state index in [4.69, 9.17) is 0 Å². The first-order chi connectivity index (χ1) is 11.6. The van der Waals surface area contributed by atoms with Crippen molar-refractivity contribution in [2.75, 3.05) is 5.32 Å². The molecule has 5 heteroatoms. The van der Waals surface area contributed by atoms with E-state index in [-0.39, 0.29) is 5.91 Å². The highest BCUT2D eigenvalue weighted by molar-refractivity contribution is 6.04. The third-order valence-corrected chi connectivity index (χ3v) is 3.96. The Bertz CT molecular complexity index is 868. The Hall–Kier alpha value is -2.95. The number of benzene rings is 2. The van der Waals surface area contributed by atoms with Crippen LogP contribution >= 0.6 is 0 Å². The van der Waals surface area contributed by atoms with E-state index in [0.717, 1.165) is 28.9 Å². The maximum absolute atomic E-state index is 12.7. The van der Waals surface area contributed by atoms with Gasteiger partial charge in [-0.25, -0.2) is 0 Å². The summed E-state index contributed by atoms with van der Waals surface area (Å²) in [5, 5.41) is 11.7. The zero-order valence-electron chi connectivity index (χ0n) is 14.1. The highest BCUT2D eigenvalue weighted by Crippen LogP contribution is 2.22. The molecule has 0 spiro atoms. The van der Waals surface area contributed by atoms with Gasteiger partial charge < -0.3 is 5.32 Å². The van der Waals surface area contributed by atoms with Crippen molar-refractivity contribution in [2.45, 2.75) is 27.2 Å². The van der Waals surface area contributed by atoms with Gasteiger partial charge in [-0.05, 0) is 43.5 Å². The normalized spacial score (nSPS) is 10.6.